The molecule has 1 aromatic heterocycles. The van der Waals surface area contributed by atoms with Gasteiger partial charge < -0.3 is 16.3 Å². The Morgan fingerprint density at radius 1 is 1.87 bits per heavy atom. The van der Waals surface area contributed by atoms with E-state index in [1.807, 2.05) is 6.26 Å². The second kappa shape index (κ2) is 5.25. The van der Waals surface area contributed by atoms with E-state index in [4.69, 9.17) is 10.9 Å². The molecule has 0 bridgehead atoms. The number of hydrogen-bond donors (Lipinski definition) is 4. The lowest BCUT2D eigenvalue weighted by atomic mass is 10.3. The molecule has 5 N–H and O–H groups in total. The minimum absolute atomic E-state index is 0.108. The third-order valence-corrected chi connectivity index (χ3v) is 2.11. The van der Waals surface area contributed by atoms with E-state index < -0.39 is 0 Å². The maximum Gasteiger partial charge on any atom is 0.235 e. The highest BCUT2D eigenvalue weighted by Crippen LogP contribution is 2.10. The first-order valence-corrected chi connectivity index (χ1v) is 5.38. The fourth-order valence-electron chi connectivity index (χ4n) is 0.936. The quantitative estimate of drug-likeness (QED) is 0.247. The Morgan fingerprint density at radius 3 is 3.20 bits per heavy atom. The topological polar surface area (TPSA) is 116 Å². The normalized spacial score (nSPS) is 11.4. The largest absolute Gasteiger partial charge is 0.409 e. The first kappa shape index (κ1) is 11.4. The average molecular weight is 229 g/mol. The van der Waals surface area contributed by atoms with Gasteiger partial charge in [0.2, 0.25) is 5.91 Å². The first-order chi connectivity index (χ1) is 7.19. The predicted molar refractivity (Wildman–Crippen MR) is 58.1 cm³/mol. The molecule has 0 fully saturated rings. The zero-order chi connectivity index (χ0) is 11.3. The van der Waals surface area contributed by atoms with Crippen LogP contribution < -0.4 is 11.1 Å². The summed E-state index contributed by atoms with van der Waals surface area (Å²) in [4.78, 5) is 11.3. The second-order valence-electron chi connectivity index (χ2n) is 2.63. The van der Waals surface area contributed by atoms with Crippen LogP contribution in [0.4, 0.5) is 5.82 Å². The van der Waals surface area contributed by atoms with Crippen molar-refractivity contribution < 1.29 is 10.0 Å². The SMILES string of the molecule is CSCC(=O)Nc1[nH]ncc1C(N)=NO. The number of H-pyrrole nitrogens is 1. The smallest absolute Gasteiger partial charge is 0.235 e. The van der Waals surface area contributed by atoms with Crippen molar-refractivity contribution in [1.82, 2.24) is 10.2 Å². The van der Waals surface area contributed by atoms with Crippen molar-refractivity contribution in [3.63, 3.8) is 0 Å². The molecule has 0 aliphatic rings. The fourth-order valence-corrected chi connectivity index (χ4v) is 1.27. The van der Waals surface area contributed by atoms with Gasteiger partial charge in [-0.2, -0.15) is 16.9 Å². The summed E-state index contributed by atoms with van der Waals surface area (Å²) in [5, 5.41) is 20.1. The molecule has 0 spiro atoms. The van der Waals surface area contributed by atoms with Crippen LogP contribution >= 0.6 is 11.8 Å². The standard InChI is InChI=1S/C7H11N5O2S/c1-15-3-5(13)10-7-4(2-9-11-7)6(8)12-14/h2,14H,3H2,1H3,(H2,8,12)(H2,9,10,11,13). The number of hydrogen-bond acceptors (Lipinski definition) is 5. The molecule has 1 heterocycles. The molecular weight excluding hydrogens is 218 g/mol. The molecule has 0 radical (unpaired) electrons. The van der Waals surface area contributed by atoms with Crippen molar-refractivity contribution in [2.24, 2.45) is 10.9 Å². The minimum Gasteiger partial charge on any atom is -0.409 e. The van der Waals surface area contributed by atoms with Crippen molar-refractivity contribution in [1.29, 1.82) is 0 Å². The number of nitrogens with two attached hydrogens (primary N) is 1. The number of thioether (sulfide) groups is 1. The molecule has 0 aliphatic heterocycles. The number of carbonyl (C=O) groups is 1. The van der Waals surface area contributed by atoms with Gasteiger partial charge in [-0.3, -0.25) is 9.89 Å². The van der Waals surface area contributed by atoms with Gasteiger partial charge in [0.25, 0.3) is 0 Å². The number of nitrogens with one attached hydrogen (secondary N) is 2. The summed E-state index contributed by atoms with van der Waals surface area (Å²) in [6, 6.07) is 0. The second-order valence-corrected chi connectivity index (χ2v) is 3.49. The van der Waals surface area contributed by atoms with Crippen LogP contribution in [0.15, 0.2) is 11.4 Å². The van der Waals surface area contributed by atoms with Crippen molar-refractivity contribution in [3.05, 3.63) is 11.8 Å². The zero-order valence-electron chi connectivity index (χ0n) is 8.02. The van der Waals surface area contributed by atoms with Crippen LogP contribution in [0.1, 0.15) is 5.56 Å². The summed E-state index contributed by atoms with van der Waals surface area (Å²) in [5.41, 5.74) is 5.73. The molecule has 1 amide bonds. The highest BCUT2D eigenvalue weighted by molar-refractivity contribution is 7.99. The van der Waals surface area contributed by atoms with E-state index in [0.717, 1.165) is 0 Å². The van der Waals surface area contributed by atoms with Crippen LogP contribution in [0.3, 0.4) is 0 Å². The Balaban J connectivity index is 2.78. The number of rotatable bonds is 4. The maximum absolute atomic E-state index is 11.3. The number of aromatic amines is 1. The molecular formula is C7H11N5O2S. The number of oxime groups is 1. The zero-order valence-corrected chi connectivity index (χ0v) is 8.84. The molecule has 0 aromatic carbocycles. The van der Waals surface area contributed by atoms with Crippen LogP contribution in [-0.2, 0) is 4.79 Å². The number of nitrogens with zero attached hydrogens (tertiary/aromatic N) is 2. The minimum atomic E-state index is -0.182. The molecule has 0 saturated carbocycles. The van der Waals surface area contributed by atoms with E-state index in [1.54, 1.807) is 0 Å². The molecule has 1 aromatic rings. The molecule has 82 valence electrons. The number of aromatic nitrogens is 2. The maximum atomic E-state index is 11.3. The first-order valence-electron chi connectivity index (χ1n) is 3.99. The van der Waals surface area contributed by atoms with Crippen LogP contribution in [0.2, 0.25) is 0 Å². The Bertz CT molecular complexity index is 375. The van der Waals surface area contributed by atoms with Gasteiger partial charge in [-0.15, -0.1) is 0 Å². The molecule has 0 saturated heterocycles. The molecule has 8 heteroatoms. The molecule has 15 heavy (non-hydrogen) atoms. The van der Waals surface area contributed by atoms with Crippen LogP contribution in [0, 0.1) is 0 Å². The summed E-state index contributed by atoms with van der Waals surface area (Å²) in [6.45, 7) is 0. The third-order valence-electron chi connectivity index (χ3n) is 1.56. The summed E-state index contributed by atoms with van der Waals surface area (Å²) < 4.78 is 0. The molecule has 0 unspecified atom stereocenters. The van der Waals surface area contributed by atoms with Gasteiger partial charge in [0.1, 0.15) is 5.82 Å². The van der Waals surface area contributed by atoms with E-state index >= 15 is 0 Å². The Morgan fingerprint density at radius 2 is 2.60 bits per heavy atom. The van der Waals surface area contributed by atoms with E-state index in [-0.39, 0.29) is 11.7 Å². The van der Waals surface area contributed by atoms with Crippen LogP contribution in [0.5, 0.6) is 0 Å². The van der Waals surface area contributed by atoms with E-state index in [1.165, 1.54) is 18.0 Å². The van der Waals surface area contributed by atoms with Crippen LogP contribution in [0.25, 0.3) is 0 Å². The predicted octanol–water partition coefficient (Wildman–Crippen LogP) is -0.194. The van der Waals surface area contributed by atoms with E-state index in [9.17, 15) is 4.79 Å². The van der Waals surface area contributed by atoms with E-state index in [0.29, 0.717) is 17.1 Å². The van der Waals surface area contributed by atoms with E-state index in [2.05, 4.69) is 20.7 Å². The van der Waals surface area contributed by atoms with Gasteiger partial charge >= 0.3 is 0 Å². The average Bonchev–Trinajstić information content (AvgIpc) is 2.65. The highest BCUT2D eigenvalue weighted by Gasteiger charge is 2.11. The molecule has 0 atom stereocenters. The lowest BCUT2D eigenvalue weighted by Gasteiger charge is -2.03. The third kappa shape index (κ3) is 2.88. The summed E-state index contributed by atoms with van der Waals surface area (Å²) in [5.74, 6) is 0.362. The van der Waals surface area contributed by atoms with Gasteiger partial charge in [-0.1, -0.05) is 5.16 Å². The highest BCUT2D eigenvalue weighted by atomic mass is 32.2. The monoisotopic (exact) mass is 229 g/mol. The van der Waals surface area contributed by atoms with Gasteiger partial charge in [0.05, 0.1) is 17.5 Å². The summed E-state index contributed by atoms with van der Waals surface area (Å²) in [7, 11) is 0. The van der Waals surface area contributed by atoms with Gasteiger partial charge in [-0.05, 0) is 6.26 Å². The van der Waals surface area contributed by atoms with Gasteiger partial charge in [0.15, 0.2) is 5.84 Å². The Kier molecular flexibility index (Phi) is 3.98. The van der Waals surface area contributed by atoms with Crippen molar-refractivity contribution in [2.75, 3.05) is 17.3 Å². The van der Waals surface area contributed by atoms with Crippen molar-refractivity contribution in [2.45, 2.75) is 0 Å². The number of amidine groups is 1. The molecule has 1 rings (SSSR count). The van der Waals surface area contributed by atoms with Gasteiger partial charge in [-0.25, -0.2) is 0 Å². The summed E-state index contributed by atoms with van der Waals surface area (Å²) in [6.07, 6.45) is 3.18. The Labute approximate surface area is 90.1 Å². The number of carbonyl (C=O) groups excluding carboxylic acids is 1. The lowest BCUT2D eigenvalue weighted by molar-refractivity contribution is -0.113. The van der Waals surface area contributed by atoms with Crippen molar-refractivity contribution >= 4 is 29.3 Å². The van der Waals surface area contributed by atoms with Crippen LogP contribution in [-0.4, -0.2) is 39.2 Å². The fraction of sp³-hybridized carbons (Fsp3) is 0.286. The molecule has 0 aliphatic carbocycles. The summed E-state index contributed by atoms with van der Waals surface area (Å²) >= 11 is 1.39. The number of anilines is 1. The van der Waals surface area contributed by atoms with Gasteiger partial charge in [0, 0.05) is 0 Å². The lowest BCUT2D eigenvalue weighted by Crippen LogP contribution is -2.19. The number of amides is 1. The Hall–Kier alpha value is -1.70. The molecule has 7 nitrogen and oxygen atoms in total. The van der Waals surface area contributed by atoms with Crippen molar-refractivity contribution in [3.8, 4) is 0 Å².